The van der Waals surface area contributed by atoms with E-state index in [9.17, 15) is 0 Å². The molecule has 1 aliphatic rings. The van der Waals surface area contributed by atoms with Crippen LogP contribution in [-0.2, 0) is 4.89 Å². The second-order valence-electron chi connectivity index (χ2n) is 16.0. The maximum atomic E-state index is 8.24. The van der Waals surface area contributed by atoms with Crippen molar-refractivity contribution in [1.82, 2.24) is 5.32 Å². The summed E-state index contributed by atoms with van der Waals surface area (Å²) in [5.74, 6) is 0.525. The fourth-order valence-corrected chi connectivity index (χ4v) is 7.59. The molecule has 0 amide bonds. The van der Waals surface area contributed by atoms with Gasteiger partial charge in [-0.1, -0.05) is 227 Å². The highest BCUT2D eigenvalue weighted by atomic mass is 32.1. The molecule has 6 heteroatoms. The third-order valence-corrected chi connectivity index (χ3v) is 11.1. The number of hydrogen-bond acceptors (Lipinski definition) is 6. The quantitative estimate of drug-likeness (QED) is 0.0126. The monoisotopic (exact) mass is 808 g/mol. The number of allylic oxidation sites excluding steroid dienone is 3. The van der Waals surface area contributed by atoms with Crippen LogP contribution in [0.25, 0.3) is 0 Å². The zero-order valence-corrected chi connectivity index (χ0v) is 39.7. The van der Waals surface area contributed by atoms with Gasteiger partial charge in [-0.05, 0) is 82.3 Å². The number of rotatable bonds is 37. The summed E-state index contributed by atoms with van der Waals surface area (Å²) in [5, 5.41) is 19.0. The molecule has 1 aliphatic carbocycles. The average Bonchev–Trinajstić information content (AvgIpc) is 3.22. The van der Waals surface area contributed by atoms with Crippen LogP contribution >= 0.6 is 12.8 Å². The highest BCUT2D eigenvalue weighted by Gasteiger charge is 2.19. The van der Waals surface area contributed by atoms with E-state index in [0.29, 0.717) is 11.6 Å². The van der Waals surface area contributed by atoms with Gasteiger partial charge in [0.15, 0.2) is 0 Å². The van der Waals surface area contributed by atoms with Crippen molar-refractivity contribution < 1.29 is 10.1 Å². The third kappa shape index (κ3) is 45.7. The van der Waals surface area contributed by atoms with E-state index in [0.717, 1.165) is 37.8 Å². The zero-order valence-electron chi connectivity index (χ0n) is 38.9. The largest absolute Gasteiger partial charge is 0.317 e. The van der Waals surface area contributed by atoms with Crippen molar-refractivity contribution in [3.63, 3.8) is 0 Å². The molecular weight excluding hydrogens is 707 g/mol. The van der Waals surface area contributed by atoms with Crippen LogP contribution < -0.4 is 5.32 Å². The standard InChI is InChI=1S/C30H63N.C17H28N2S.C2H6.CH4O2/c1-3-5-7-9-11-13-15-17-19-21-23-25-27-29-31-30-28-26-24-22-20-18-16-14-12-10-8-6-4-2;1-3-5-6-7-8-12-16(18)17(19-20)15-11-9-10-14(4-2)13-15;1-2;1-3-2/h31H,3-30H2,1-2H3;4,11,14,18,20H,2-3,5-10,12-13H2,1H3;1-2H3;2H,1H3/b;18-16?,19-17-;;. The zero-order chi connectivity index (χ0) is 42.0. The molecule has 3 N–H and O–H groups in total. The minimum Gasteiger partial charge on any atom is -0.317 e. The fourth-order valence-electron chi connectivity index (χ4n) is 7.34. The van der Waals surface area contributed by atoms with Gasteiger partial charge >= 0.3 is 0 Å². The fraction of sp³-hybridized carbons (Fsp3) is 0.880. The van der Waals surface area contributed by atoms with Gasteiger partial charge in [-0.2, -0.15) is 0 Å². The smallest absolute Gasteiger partial charge is 0.0946 e. The van der Waals surface area contributed by atoms with Gasteiger partial charge in [0.25, 0.3) is 0 Å². The molecule has 5 nitrogen and oxygen atoms in total. The van der Waals surface area contributed by atoms with Crippen LogP contribution in [-0.4, -0.2) is 36.9 Å². The van der Waals surface area contributed by atoms with Gasteiger partial charge in [0.05, 0.1) is 18.5 Å². The molecule has 1 rings (SSSR count). The second-order valence-corrected chi connectivity index (χ2v) is 16.2. The van der Waals surface area contributed by atoms with Gasteiger partial charge in [-0.25, -0.2) is 9.29 Å². The van der Waals surface area contributed by atoms with E-state index in [1.165, 1.54) is 218 Å². The van der Waals surface area contributed by atoms with Gasteiger partial charge in [0.2, 0.25) is 0 Å². The third-order valence-electron chi connectivity index (χ3n) is 10.9. The first kappa shape index (κ1) is 59.4. The van der Waals surface area contributed by atoms with Crippen molar-refractivity contribution in [2.45, 2.75) is 259 Å². The van der Waals surface area contributed by atoms with Gasteiger partial charge in [-0.15, -0.1) is 6.58 Å². The predicted octanol–water partition coefficient (Wildman–Crippen LogP) is 17.5. The Bertz CT molecular complexity index is 803. The average molecular weight is 808 g/mol. The van der Waals surface area contributed by atoms with E-state index < -0.39 is 0 Å². The molecular formula is C50H101N3O2S. The van der Waals surface area contributed by atoms with E-state index in [-0.39, 0.29) is 0 Å². The Hall–Kier alpha value is -0.950. The highest BCUT2D eigenvalue weighted by Crippen LogP contribution is 2.27. The summed E-state index contributed by atoms with van der Waals surface area (Å²) in [6.07, 6.45) is 52.1. The maximum Gasteiger partial charge on any atom is 0.0946 e. The van der Waals surface area contributed by atoms with E-state index in [2.05, 4.69) is 60.8 Å². The van der Waals surface area contributed by atoms with Crippen molar-refractivity contribution in [2.24, 2.45) is 10.3 Å². The first-order valence-corrected chi connectivity index (χ1v) is 25.0. The van der Waals surface area contributed by atoms with E-state index >= 15 is 0 Å². The van der Waals surface area contributed by atoms with Crippen molar-refractivity contribution in [2.75, 3.05) is 20.2 Å². The van der Waals surface area contributed by atoms with Crippen LogP contribution in [0.4, 0.5) is 0 Å². The van der Waals surface area contributed by atoms with Gasteiger partial charge in [0.1, 0.15) is 0 Å². The van der Waals surface area contributed by atoms with Gasteiger partial charge in [-0.3, -0.25) is 5.26 Å². The first-order chi connectivity index (χ1) is 27.6. The SMILES string of the molecule is C=CC1CCC=C(/C(=N/S)C(=N)CCCCCCC)C1.CC.CCCCCCCCCCCCCCCNCCCCCCCCCCCCCCC.COO. The Morgan fingerprint density at radius 3 is 1.32 bits per heavy atom. The van der Waals surface area contributed by atoms with Crippen LogP contribution in [0.1, 0.15) is 259 Å². The molecule has 0 fully saturated rings. The first-order valence-electron chi connectivity index (χ1n) is 24.6. The summed E-state index contributed by atoms with van der Waals surface area (Å²) in [6.45, 7) is 17.2. The topological polar surface area (TPSA) is 77.7 Å². The van der Waals surface area contributed by atoms with E-state index in [4.69, 9.17) is 10.7 Å². The summed E-state index contributed by atoms with van der Waals surface area (Å²) >= 11 is 4.08. The Kier molecular flexibility index (Phi) is 57.3. The van der Waals surface area contributed by atoms with Crippen molar-refractivity contribution in [3.8, 4) is 0 Å². The van der Waals surface area contributed by atoms with Gasteiger partial charge in [0, 0.05) is 0 Å². The Morgan fingerprint density at radius 2 is 1.00 bits per heavy atom. The van der Waals surface area contributed by atoms with E-state index in [1.54, 1.807) is 0 Å². The molecule has 0 aliphatic heterocycles. The number of nitrogens with one attached hydrogen (secondary N) is 2. The van der Waals surface area contributed by atoms with Crippen molar-refractivity contribution >= 4 is 24.2 Å². The van der Waals surface area contributed by atoms with Gasteiger partial charge < -0.3 is 10.7 Å². The predicted molar refractivity (Wildman–Crippen MR) is 258 cm³/mol. The summed E-state index contributed by atoms with van der Waals surface area (Å²) < 4.78 is 4.08. The molecule has 0 aromatic rings. The molecule has 0 heterocycles. The molecule has 0 saturated carbocycles. The Morgan fingerprint density at radius 1 is 0.679 bits per heavy atom. The Labute approximate surface area is 358 Å². The lowest BCUT2D eigenvalue weighted by Crippen LogP contribution is -2.19. The molecule has 0 radical (unpaired) electrons. The molecule has 0 bridgehead atoms. The molecule has 1 atom stereocenters. The molecule has 1 unspecified atom stereocenters. The maximum absolute atomic E-state index is 8.24. The number of hydrogen-bond donors (Lipinski definition) is 4. The van der Waals surface area contributed by atoms with E-state index in [1.807, 2.05) is 19.9 Å². The number of thiol groups is 1. The summed E-state index contributed by atoms with van der Waals surface area (Å²) in [4.78, 5) is 3.25. The lowest BCUT2D eigenvalue weighted by Gasteiger charge is -2.21. The van der Waals surface area contributed by atoms with Crippen LogP contribution in [0, 0.1) is 11.3 Å². The molecule has 56 heavy (non-hydrogen) atoms. The second kappa shape index (κ2) is 54.0. The molecule has 0 saturated heterocycles. The van der Waals surface area contributed by atoms with Crippen LogP contribution in [0.5, 0.6) is 0 Å². The number of unbranched alkanes of at least 4 members (excludes halogenated alkanes) is 28. The summed E-state index contributed by atoms with van der Waals surface area (Å²) in [6, 6.07) is 0. The highest BCUT2D eigenvalue weighted by molar-refractivity contribution is 7.79. The minimum absolute atomic E-state index is 0.525. The molecule has 0 aromatic carbocycles. The number of nitrogens with zero attached hydrogens (tertiary/aromatic N) is 1. The minimum atomic E-state index is 0.525. The Balaban J connectivity index is -0.000000960. The van der Waals surface area contributed by atoms with Crippen molar-refractivity contribution in [3.05, 3.63) is 24.3 Å². The van der Waals surface area contributed by atoms with Crippen LogP contribution in [0.15, 0.2) is 28.7 Å². The molecule has 0 aromatic heterocycles. The molecule has 0 spiro atoms. The van der Waals surface area contributed by atoms with Crippen LogP contribution in [0.2, 0.25) is 0 Å². The van der Waals surface area contributed by atoms with Crippen molar-refractivity contribution in [1.29, 1.82) is 5.41 Å². The van der Waals surface area contributed by atoms with Crippen LogP contribution in [0.3, 0.4) is 0 Å². The molecule has 334 valence electrons. The summed E-state index contributed by atoms with van der Waals surface area (Å²) in [5.41, 5.74) is 2.64. The lowest BCUT2D eigenvalue weighted by atomic mass is 9.85. The lowest BCUT2D eigenvalue weighted by molar-refractivity contribution is -0.214. The summed E-state index contributed by atoms with van der Waals surface area (Å²) in [7, 11) is 1.18. The normalized spacial score (nSPS) is 13.8.